The number of nitrogen functional groups attached to an aromatic ring is 1. The van der Waals surface area contributed by atoms with E-state index in [0.717, 1.165) is 47.3 Å². The number of aromatic nitrogens is 4. The standard InChI is InChI=1S/C20H24ClN7S/c21-17-13(3-4-16(23)26-17)29-14-12-25-19(28-11-8-24-18(14)28)27-9-6-20(7-10-27)5-1-2-15(20)22/h3-4,8,11-12,15H,1-2,5-7,9-10,22H2,(H2,23,26)/t15-/m1/s1. The summed E-state index contributed by atoms with van der Waals surface area (Å²) in [6.07, 6.45) is 11.6. The highest BCUT2D eigenvalue weighted by Gasteiger charge is 2.43. The third-order valence-electron chi connectivity index (χ3n) is 6.45. The van der Waals surface area contributed by atoms with Gasteiger partial charge in [-0.15, -0.1) is 0 Å². The van der Waals surface area contributed by atoms with Crippen LogP contribution in [0.4, 0.5) is 11.8 Å². The molecule has 0 bridgehead atoms. The first-order valence-corrected chi connectivity index (χ1v) is 11.2. The molecule has 4 N–H and O–H groups in total. The van der Waals surface area contributed by atoms with Crippen molar-refractivity contribution in [2.45, 2.75) is 47.9 Å². The van der Waals surface area contributed by atoms with Crippen molar-refractivity contribution in [2.75, 3.05) is 23.7 Å². The summed E-state index contributed by atoms with van der Waals surface area (Å²) in [5.74, 6) is 1.34. The molecule has 152 valence electrons. The number of piperidine rings is 1. The molecule has 3 aromatic rings. The van der Waals surface area contributed by atoms with Crippen LogP contribution in [0.15, 0.2) is 40.5 Å². The fourth-order valence-corrected chi connectivity index (χ4v) is 5.88. The Kier molecular flexibility index (Phi) is 4.80. The van der Waals surface area contributed by atoms with Crippen LogP contribution in [0.5, 0.6) is 0 Å². The van der Waals surface area contributed by atoms with Gasteiger partial charge < -0.3 is 16.4 Å². The predicted molar refractivity (Wildman–Crippen MR) is 116 cm³/mol. The van der Waals surface area contributed by atoms with Gasteiger partial charge in [0, 0.05) is 42.6 Å². The van der Waals surface area contributed by atoms with Crippen molar-refractivity contribution in [3.63, 3.8) is 0 Å². The molecule has 29 heavy (non-hydrogen) atoms. The zero-order valence-corrected chi connectivity index (χ0v) is 17.7. The molecule has 7 nitrogen and oxygen atoms in total. The van der Waals surface area contributed by atoms with Gasteiger partial charge in [0.1, 0.15) is 11.0 Å². The number of hydrogen-bond acceptors (Lipinski definition) is 7. The summed E-state index contributed by atoms with van der Waals surface area (Å²) in [7, 11) is 0. The van der Waals surface area contributed by atoms with Crippen molar-refractivity contribution < 1.29 is 0 Å². The van der Waals surface area contributed by atoms with E-state index >= 15 is 0 Å². The predicted octanol–water partition coefficient (Wildman–Crippen LogP) is 3.61. The molecule has 9 heteroatoms. The molecule has 2 fully saturated rings. The van der Waals surface area contributed by atoms with Crippen LogP contribution in [0, 0.1) is 5.41 Å². The highest BCUT2D eigenvalue weighted by molar-refractivity contribution is 7.99. The van der Waals surface area contributed by atoms with Gasteiger partial charge in [0.25, 0.3) is 0 Å². The van der Waals surface area contributed by atoms with E-state index in [9.17, 15) is 0 Å². The summed E-state index contributed by atoms with van der Waals surface area (Å²) < 4.78 is 2.06. The van der Waals surface area contributed by atoms with Crippen molar-refractivity contribution >= 4 is 40.8 Å². The molecule has 3 aromatic heterocycles. The van der Waals surface area contributed by atoms with Crippen molar-refractivity contribution in [3.05, 3.63) is 35.9 Å². The third kappa shape index (κ3) is 3.33. The Morgan fingerprint density at radius 2 is 1.97 bits per heavy atom. The van der Waals surface area contributed by atoms with E-state index in [1.54, 1.807) is 6.07 Å². The molecule has 1 saturated carbocycles. The fourth-order valence-electron chi connectivity index (χ4n) is 4.76. The molecule has 0 unspecified atom stereocenters. The van der Waals surface area contributed by atoms with Crippen LogP contribution in [0.3, 0.4) is 0 Å². The van der Waals surface area contributed by atoms with Gasteiger partial charge in [-0.1, -0.05) is 29.8 Å². The summed E-state index contributed by atoms with van der Waals surface area (Å²) in [6.45, 7) is 1.96. The van der Waals surface area contributed by atoms with Gasteiger partial charge in [0.15, 0.2) is 5.65 Å². The summed E-state index contributed by atoms with van der Waals surface area (Å²) in [6, 6.07) is 3.97. The Hall–Kier alpha value is -2.03. The number of halogens is 1. The maximum absolute atomic E-state index is 6.44. The number of rotatable bonds is 3. The minimum atomic E-state index is 0.333. The van der Waals surface area contributed by atoms with Crippen LogP contribution in [0.2, 0.25) is 5.15 Å². The van der Waals surface area contributed by atoms with Gasteiger partial charge in [-0.3, -0.25) is 4.40 Å². The lowest BCUT2D eigenvalue weighted by molar-refractivity contribution is 0.197. The molecule has 0 amide bonds. The monoisotopic (exact) mass is 429 g/mol. The van der Waals surface area contributed by atoms with E-state index in [4.69, 9.17) is 28.1 Å². The topological polar surface area (TPSA) is 98.4 Å². The second-order valence-electron chi connectivity index (χ2n) is 8.02. The maximum atomic E-state index is 6.44. The van der Waals surface area contributed by atoms with Gasteiger partial charge in [0.2, 0.25) is 5.95 Å². The first kappa shape index (κ1) is 19.0. The maximum Gasteiger partial charge on any atom is 0.211 e. The van der Waals surface area contributed by atoms with Crippen LogP contribution < -0.4 is 16.4 Å². The zero-order chi connectivity index (χ0) is 20.0. The molecule has 1 saturated heterocycles. The summed E-state index contributed by atoms with van der Waals surface area (Å²) in [5, 5.41) is 0.387. The molecular weight excluding hydrogens is 406 g/mol. The normalized spacial score (nSPS) is 21.3. The Morgan fingerprint density at radius 1 is 1.14 bits per heavy atom. The number of imidazole rings is 1. The van der Waals surface area contributed by atoms with E-state index in [0.29, 0.717) is 22.4 Å². The first-order valence-electron chi connectivity index (χ1n) is 9.98. The summed E-state index contributed by atoms with van der Waals surface area (Å²) in [4.78, 5) is 17.6. The molecule has 1 spiro atoms. The van der Waals surface area contributed by atoms with Crippen molar-refractivity contribution in [1.29, 1.82) is 0 Å². The smallest absolute Gasteiger partial charge is 0.211 e. The van der Waals surface area contributed by atoms with E-state index < -0.39 is 0 Å². The van der Waals surface area contributed by atoms with Crippen LogP contribution in [-0.4, -0.2) is 38.5 Å². The molecule has 0 aromatic carbocycles. The SMILES string of the molecule is Nc1ccc(Sc2cnc(N3CCC4(CCC[C@H]4N)CC3)n3ccnc23)c(Cl)n1. The molecule has 1 atom stereocenters. The van der Waals surface area contributed by atoms with Crippen LogP contribution >= 0.6 is 23.4 Å². The molecular formula is C20H24ClN7S. The van der Waals surface area contributed by atoms with Crippen molar-refractivity contribution in [2.24, 2.45) is 11.1 Å². The van der Waals surface area contributed by atoms with Crippen LogP contribution in [0.1, 0.15) is 32.1 Å². The van der Waals surface area contributed by atoms with Crippen molar-refractivity contribution in [1.82, 2.24) is 19.4 Å². The minimum Gasteiger partial charge on any atom is -0.384 e. The van der Waals surface area contributed by atoms with Gasteiger partial charge in [-0.2, -0.15) is 0 Å². The molecule has 0 radical (unpaired) electrons. The second-order valence-corrected chi connectivity index (χ2v) is 9.46. The number of nitrogens with two attached hydrogens (primary N) is 2. The molecule has 4 heterocycles. The van der Waals surface area contributed by atoms with Crippen molar-refractivity contribution in [3.8, 4) is 0 Å². The highest BCUT2D eigenvalue weighted by Crippen LogP contribution is 2.46. The largest absolute Gasteiger partial charge is 0.384 e. The average molecular weight is 430 g/mol. The quantitative estimate of drug-likeness (QED) is 0.613. The van der Waals surface area contributed by atoms with E-state index in [1.807, 2.05) is 24.7 Å². The Morgan fingerprint density at radius 3 is 2.69 bits per heavy atom. The Labute approximate surface area is 178 Å². The molecule has 5 rings (SSSR count). The van der Waals surface area contributed by atoms with Crippen LogP contribution in [-0.2, 0) is 0 Å². The lowest BCUT2D eigenvalue weighted by Crippen LogP contribution is -2.47. The third-order valence-corrected chi connectivity index (χ3v) is 7.91. The van der Waals surface area contributed by atoms with Gasteiger partial charge in [0.05, 0.1) is 4.90 Å². The number of pyridine rings is 1. The van der Waals surface area contributed by atoms with Gasteiger partial charge in [-0.05, 0) is 43.2 Å². The number of nitrogens with zero attached hydrogens (tertiary/aromatic N) is 5. The molecule has 1 aliphatic heterocycles. The van der Waals surface area contributed by atoms with E-state index in [2.05, 4.69) is 19.3 Å². The number of anilines is 2. The number of hydrogen-bond donors (Lipinski definition) is 2. The minimum absolute atomic E-state index is 0.333. The summed E-state index contributed by atoms with van der Waals surface area (Å²) in [5.41, 5.74) is 13.3. The Bertz CT molecular complexity index is 1040. The fraction of sp³-hybridized carbons (Fsp3) is 0.450. The zero-order valence-electron chi connectivity index (χ0n) is 16.1. The first-order chi connectivity index (χ1) is 14.1. The lowest BCUT2D eigenvalue weighted by Gasteiger charge is -2.42. The number of fused-ring (bicyclic) bond motifs is 1. The molecule has 1 aliphatic carbocycles. The molecule has 2 aliphatic rings. The van der Waals surface area contributed by atoms with Gasteiger partial charge in [-0.25, -0.2) is 15.0 Å². The van der Waals surface area contributed by atoms with Gasteiger partial charge >= 0.3 is 0 Å². The van der Waals surface area contributed by atoms with E-state index in [1.165, 1.54) is 31.0 Å². The summed E-state index contributed by atoms with van der Waals surface area (Å²) >= 11 is 7.75. The second kappa shape index (κ2) is 7.34. The van der Waals surface area contributed by atoms with Crippen LogP contribution in [0.25, 0.3) is 5.65 Å². The lowest BCUT2D eigenvalue weighted by atomic mass is 9.74. The van der Waals surface area contributed by atoms with E-state index in [-0.39, 0.29) is 0 Å². The Balaban J connectivity index is 1.41. The average Bonchev–Trinajstić information content (AvgIpc) is 3.33. The highest BCUT2D eigenvalue weighted by atomic mass is 35.5.